The van der Waals surface area contributed by atoms with Crippen molar-refractivity contribution in [3.05, 3.63) is 20.3 Å². The summed E-state index contributed by atoms with van der Waals surface area (Å²) in [4.78, 5) is 36.6. The van der Waals surface area contributed by atoms with Crippen LogP contribution in [0.5, 0.6) is 0 Å². The van der Waals surface area contributed by atoms with Gasteiger partial charge in [0.05, 0.1) is 17.1 Å². The van der Waals surface area contributed by atoms with Crippen LogP contribution in [0.15, 0.2) is 5.38 Å². The molecular formula is C15H15Cl2FN2O5S. The number of carbonyl (C=O) groups is 3. The van der Waals surface area contributed by atoms with Crippen molar-refractivity contribution in [2.75, 3.05) is 26.2 Å². The van der Waals surface area contributed by atoms with Crippen molar-refractivity contribution in [2.24, 2.45) is 0 Å². The van der Waals surface area contributed by atoms with E-state index in [4.69, 9.17) is 27.9 Å². The molecule has 2 amide bonds. The van der Waals surface area contributed by atoms with E-state index in [-0.39, 0.29) is 49.7 Å². The maximum atomic E-state index is 14.9. The van der Waals surface area contributed by atoms with Gasteiger partial charge in [0.1, 0.15) is 16.6 Å². The normalized spacial score (nSPS) is 21.9. The smallest absolute Gasteiger partial charge is 0.430 e. The topological polar surface area (TPSA) is 84.9 Å². The molecule has 2 fully saturated rings. The third-order valence-electron chi connectivity index (χ3n) is 4.34. The summed E-state index contributed by atoms with van der Waals surface area (Å²) in [7, 11) is 0. The van der Waals surface area contributed by atoms with Crippen LogP contribution in [0.3, 0.4) is 0 Å². The number of rotatable bonds is 4. The molecule has 3 rings (SSSR count). The van der Waals surface area contributed by atoms with Crippen LogP contribution < -0.4 is 5.32 Å². The molecule has 3 heterocycles. The number of alkyl halides is 1. The third kappa shape index (κ3) is 4.05. The zero-order chi connectivity index (χ0) is 18.9. The summed E-state index contributed by atoms with van der Waals surface area (Å²) in [6.45, 7) is -0.0112. The maximum Gasteiger partial charge on any atom is 0.509 e. The molecule has 2 aliphatic rings. The summed E-state index contributed by atoms with van der Waals surface area (Å²) in [5.41, 5.74) is -1.43. The highest BCUT2D eigenvalue weighted by atomic mass is 35.5. The van der Waals surface area contributed by atoms with Crippen LogP contribution in [0.2, 0.25) is 9.36 Å². The average molecular weight is 425 g/mol. The molecule has 1 aromatic heterocycles. The quantitative estimate of drug-likeness (QED) is 0.750. The number of thiophene rings is 1. The van der Waals surface area contributed by atoms with E-state index in [0.29, 0.717) is 4.34 Å². The third-order valence-corrected chi connectivity index (χ3v) is 6.16. The molecule has 0 radical (unpaired) electrons. The van der Waals surface area contributed by atoms with Gasteiger partial charge in [0, 0.05) is 31.3 Å². The van der Waals surface area contributed by atoms with Crippen LogP contribution in [0, 0.1) is 0 Å². The summed E-state index contributed by atoms with van der Waals surface area (Å²) >= 11 is 12.9. The van der Waals surface area contributed by atoms with Crippen molar-refractivity contribution in [3.8, 4) is 0 Å². The van der Waals surface area contributed by atoms with E-state index >= 15 is 0 Å². The number of nitrogens with one attached hydrogen (secondary N) is 1. The molecule has 2 aliphatic heterocycles. The largest absolute Gasteiger partial charge is 0.509 e. The van der Waals surface area contributed by atoms with E-state index in [2.05, 4.69) is 10.1 Å². The van der Waals surface area contributed by atoms with Crippen LogP contribution >= 0.6 is 34.5 Å². The Morgan fingerprint density at radius 3 is 2.62 bits per heavy atom. The van der Waals surface area contributed by atoms with Gasteiger partial charge in [-0.3, -0.25) is 9.59 Å². The summed E-state index contributed by atoms with van der Waals surface area (Å²) in [5, 5.41) is 4.19. The van der Waals surface area contributed by atoms with E-state index in [0.717, 1.165) is 11.3 Å². The van der Waals surface area contributed by atoms with Gasteiger partial charge in [-0.05, 0) is 0 Å². The van der Waals surface area contributed by atoms with Crippen LogP contribution in [0.25, 0.3) is 0 Å². The number of cyclic esters (lactones) is 2. The Balaban J connectivity index is 1.50. The van der Waals surface area contributed by atoms with Gasteiger partial charge in [-0.1, -0.05) is 23.2 Å². The Hall–Kier alpha value is -1.58. The summed E-state index contributed by atoms with van der Waals surface area (Å²) < 4.78 is 24.5. The van der Waals surface area contributed by atoms with E-state index in [1.807, 2.05) is 0 Å². The highest BCUT2D eigenvalue weighted by molar-refractivity contribution is 7.15. The molecular weight excluding hydrogens is 410 g/mol. The first-order valence-corrected chi connectivity index (χ1v) is 9.44. The Morgan fingerprint density at radius 1 is 1.38 bits per heavy atom. The van der Waals surface area contributed by atoms with Gasteiger partial charge >= 0.3 is 6.16 Å². The first-order valence-electron chi connectivity index (χ1n) is 7.81. The average Bonchev–Trinajstić information content (AvgIpc) is 3.19. The lowest BCUT2D eigenvalue weighted by Gasteiger charge is -2.36. The monoisotopic (exact) mass is 424 g/mol. The number of halogens is 3. The fourth-order valence-electron chi connectivity index (χ4n) is 2.76. The number of carbonyl (C=O) groups excluding carboxylic acids is 3. The summed E-state index contributed by atoms with van der Waals surface area (Å²) in [5.74, 6) is -0.898. The Morgan fingerprint density at radius 2 is 2.08 bits per heavy atom. The molecule has 1 N–H and O–H groups in total. The minimum atomic E-state index is -1.64. The number of nitrogens with zero attached hydrogens (tertiary/aromatic N) is 1. The van der Waals surface area contributed by atoms with Crippen molar-refractivity contribution in [1.29, 1.82) is 0 Å². The van der Waals surface area contributed by atoms with Crippen molar-refractivity contribution in [3.63, 3.8) is 0 Å². The Bertz CT molecular complexity index is 736. The van der Waals surface area contributed by atoms with Crippen molar-refractivity contribution in [1.82, 2.24) is 10.2 Å². The molecule has 0 aromatic carbocycles. The zero-order valence-electron chi connectivity index (χ0n) is 13.4. The maximum absolute atomic E-state index is 14.9. The zero-order valence-corrected chi connectivity index (χ0v) is 15.8. The van der Waals surface area contributed by atoms with Crippen LogP contribution in [0.1, 0.15) is 23.2 Å². The first-order chi connectivity index (χ1) is 12.3. The molecule has 2 saturated heterocycles. The Labute approximate surface area is 162 Å². The molecule has 11 heteroatoms. The molecule has 0 bridgehead atoms. The minimum absolute atomic E-state index is 0.0542. The Kier molecular flexibility index (Phi) is 5.59. The number of likely N-dealkylation sites (tertiary alicyclic amines) is 1. The molecule has 0 saturated carbocycles. The van der Waals surface area contributed by atoms with Gasteiger partial charge in [0.25, 0.3) is 11.8 Å². The SMILES string of the molecule is O=C1OCC(C(=O)N2CCC(F)(CNC(=O)c3csc(Cl)c3Cl)CC2)O1. The highest BCUT2D eigenvalue weighted by Crippen LogP contribution is 2.32. The van der Waals surface area contributed by atoms with E-state index in [1.165, 1.54) is 10.3 Å². The summed E-state index contributed by atoms with van der Waals surface area (Å²) in [6, 6.07) is 0. The molecule has 1 unspecified atom stereocenters. The molecule has 1 atom stereocenters. The number of piperidine rings is 1. The molecule has 1 aromatic rings. The number of amides is 2. The lowest BCUT2D eigenvalue weighted by atomic mass is 9.93. The number of hydrogen-bond acceptors (Lipinski definition) is 6. The van der Waals surface area contributed by atoms with Crippen molar-refractivity contribution in [2.45, 2.75) is 24.6 Å². The van der Waals surface area contributed by atoms with Gasteiger partial charge in [-0.25, -0.2) is 9.18 Å². The molecule has 142 valence electrons. The second-order valence-corrected chi connectivity index (χ2v) is 7.92. The second kappa shape index (κ2) is 7.58. The first kappa shape index (κ1) is 19.2. The van der Waals surface area contributed by atoms with Crippen molar-refractivity contribution >= 4 is 52.5 Å². The van der Waals surface area contributed by atoms with E-state index < -0.39 is 29.7 Å². The predicted molar refractivity (Wildman–Crippen MR) is 92.5 cm³/mol. The lowest BCUT2D eigenvalue weighted by Crippen LogP contribution is -2.52. The molecule has 7 nitrogen and oxygen atoms in total. The van der Waals surface area contributed by atoms with Crippen molar-refractivity contribution < 1.29 is 28.2 Å². The molecule has 26 heavy (non-hydrogen) atoms. The highest BCUT2D eigenvalue weighted by Gasteiger charge is 2.40. The van der Waals surface area contributed by atoms with Gasteiger partial charge in [-0.2, -0.15) is 0 Å². The fourth-order valence-corrected chi connectivity index (χ4v) is 4.00. The van der Waals surface area contributed by atoms with Crippen LogP contribution in [-0.4, -0.2) is 60.9 Å². The minimum Gasteiger partial charge on any atom is -0.430 e. The van der Waals surface area contributed by atoms with Gasteiger partial charge < -0.3 is 19.7 Å². The van der Waals surface area contributed by atoms with Crippen LogP contribution in [-0.2, 0) is 14.3 Å². The second-order valence-electron chi connectivity index (χ2n) is 6.06. The van der Waals surface area contributed by atoms with E-state index in [1.54, 1.807) is 0 Å². The number of hydrogen-bond donors (Lipinski definition) is 1. The standard InChI is InChI=1S/C15H15Cl2FN2O5S/c16-10-8(6-26-11(10)17)12(21)19-7-15(18)1-3-20(4-2-15)13(22)9-5-24-14(23)25-9/h6,9H,1-5,7H2,(H,19,21). The lowest BCUT2D eigenvalue weighted by molar-refractivity contribution is -0.141. The molecule has 0 spiro atoms. The van der Waals surface area contributed by atoms with Gasteiger partial charge in [-0.15, -0.1) is 11.3 Å². The van der Waals surface area contributed by atoms with Crippen LogP contribution in [0.4, 0.5) is 9.18 Å². The number of ether oxygens (including phenoxy) is 2. The van der Waals surface area contributed by atoms with Gasteiger partial charge in [0.15, 0.2) is 0 Å². The summed E-state index contributed by atoms with van der Waals surface area (Å²) in [6.07, 6.45) is -1.74. The van der Waals surface area contributed by atoms with E-state index in [9.17, 15) is 18.8 Å². The van der Waals surface area contributed by atoms with Gasteiger partial charge in [0.2, 0.25) is 6.10 Å². The molecule has 0 aliphatic carbocycles. The predicted octanol–water partition coefficient (Wildman–Crippen LogP) is 2.65. The fraction of sp³-hybridized carbons (Fsp3) is 0.533.